The van der Waals surface area contributed by atoms with Gasteiger partial charge in [-0.05, 0) is 23.3 Å². The zero-order valence-corrected chi connectivity index (χ0v) is 9.98. The number of nitrogens with zero attached hydrogens (tertiary/aromatic N) is 1. The van der Waals surface area contributed by atoms with E-state index < -0.39 is 0 Å². The summed E-state index contributed by atoms with van der Waals surface area (Å²) in [5, 5.41) is 3.43. The summed E-state index contributed by atoms with van der Waals surface area (Å²) >= 11 is 0. The number of hydrogen-bond acceptors (Lipinski definition) is 2. The van der Waals surface area contributed by atoms with Crippen molar-refractivity contribution in [1.82, 2.24) is 0 Å². The molecule has 3 rings (SSSR count). The largest absolute Gasteiger partial charge is 0.382 e. The highest BCUT2D eigenvalue weighted by molar-refractivity contribution is 5.79. The molecule has 0 amide bonds. The van der Waals surface area contributed by atoms with Crippen LogP contribution in [0.4, 0.5) is 11.4 Å². The Kier molecular flexibility index (Phi) is 2.48. The van der Waals surface area contributed by atoms with Gasteiger partial charge >= 0.3 is 0 Å². The molecule has 0 radical (unpaired) electrons. The van der Waals surface area contributed by atoms with Gasteiger partial charge in [-0.25, -0.2) is 0 Å². The van der Waals surface area contributed by atoms with Crippen molar-refractivity contribution >= 4 is 11.4 Å². The van der Waals surface area contributed by atoms with Crippen LogP contribution in [-0.2, 0) is 0 Å². The van der Waals surface area contributed by atoms with Gasteiger partial charge in [-0.1, -0.05) is 36.4 Å². The van der Waals surface area contributed by atoms with Crippen molar-refractivity contribution in [2.24, 2.45) is 0 Å². The minimum absolute atomic E-state index is 1.02. The van der Waals surface area contributed by atoms with Crippen molar-refractivity contribution in [3.8, 4) is 11.1 Å². The fourth-order valence-electron chi connectivity index (χ4n) is 2.29. The van der Waals surface area contributed by atoms with Crippen molar-refractivity contribution in [3.63, 3.8) is 0 Å². The fraction of sp³-hybridized carbons (Fsp3) is 0.200. The molecule has 1 aliphatic rings. The number of rotatable bonds is 1. The first-order valence-electron chi connectivity index (χ1n) is 5.99. The zero-order valence-electron chi connectivity index (χ0n) is 9.98. The van der Waals surface area contributed by atoms with Crippen LogP contribution in [0.3, 0.4) is 0 Å². The molecule has 17 heavy (non-hydrogen) atoms. The van der Waals surface area contributed by atoms with E-state index >= 15 is 0 Å². The maximum Gasteiger partial charge on any atom is 0.0606 e. The van der Waals surface area contributed by atoms with Gasteiger partial charge in [0, 0.05) is 20.1 Å². The molecule has 2 aromatic carbocycles. The molecule has 2 nitrogen and oxygen atoms in total. The molecule has 2 aromatic rings. The summed E-state index contributed by atoms with van der Waals surface area (Å²) in [6, 6.07) is 17.1. The molecule has 1 heterocycles. The summed E-state index contributed by atoms with van der Waals surface area (Å²) in [5.41, 5.74) is 5.07. The average Bonchev–Trinajstić information content (AvgIpc) is 2.40. The first kappa shape index (κ1) is 10.2. The van der Waals surface area contributed by atoms with Gasteiger partial charge in [-0.15, -0.1) is 0 Å². The maximum atomic E-state index is 3.43. The normalized spacial score (nSPS) is 14.1. The number of benzene rings is 2. The second kappa shape index (κ2) is 4.13. The van der Waals surface area contributed by atoms with Gasteiger partial charge < -0.3 is 10.2 Å². The van der Waals surface area contributed by atoms with Crippen molar-refractivity contribution in [3.05, 3.63) is 48.5 Å². The summed E-state index contributed by atoms with van der Waals surface area (Å²) in [6.07, 6.45) is 0. The molecule has 0 atom stereocenters. The Morgan fingerprint density at radius 2 is 1.82 bits per heavy atom. The number of fused-ring (bicyclic) bond motifs is 1. The van der Waals surface area contributed by atoms with Gasteiger partial charge in [0.15, 0.2) is 0 Å². The zero-order chi connectivity index (χ0) is 11.7. The van der Waals surface area contributed by atoms with E-state index in [0.717, 1.165) is 13.1 Å². The third-order valence-electron chi connectivity index (χ3n) is 3.28. The lowest BCUT2D eigenvalue weighted by Crippen LogP contribution is -2.30. The van der Waals surface area contributed by atoms with Crippen LogP contribution in [0.25, 0.3) is 11.1 Å². The smallest absolute Gasteiger partial charge is 0.0606 e. The predicted octanol–water partition coefficient (Wildman–Crippen LogP) is 3.22. The molecule has 1 aliphatic heterocycles. The van der Waals surface area contributed by atoms with E-state index in [1.807, 2.05) is 0 Å². The van der Waals surface area contributed by atoms with Crippen LogP contribution >= 0.6 is 0 Å². The number of likely N-dealkylation sites (N-methyl/N-ethyl adjacent to an activating group) is 1. The molecule has 0 bridgehead atoms. The summed E-state index contributed by atoms with van der Waals surface area (Å²) in [7, 11) is 2.15. The monoisotopic (exact) mass is 224 g/mol. The number of anilines is 2. The fourth-order valence-corrected chi connectivity index (χ4v) is 2.29. The average molecular weight is 224 g/mol. The molecule has 0 saturated carbocycles. The molecule has 0 spiro atoms. The summed E-state index contributed by atoms with van der Waals surface area (Å²) < 4.78 is 0. The maximum absolute atomic E-state index is 3.43. The lowest BCUT2D eigenvalue weighted by molar-refractivity contribution is 0.887. The molecule has 1 N–H and O–H groups in total. The minimum atomic E-state index is 1.02. The lowest BCUT2D eigenvalue weighted by atomic mass is 10.0. The Labute approximate surface area is 102 Å². The van der Waals surface area contributed by atoms with Crippen LogP contribution in [0.15, 0.2) is 48.5 Å². The van der Waals surface area contributed by atoms with Gasteiger partial charge in [-0.3, -0.25) is 0 Å². The highest BCUT2D eigenvalue weighted by Crippen LogP contribution is 2.32. The van der Waals surface area contributed by atoms with E-state index in [1.165, 1.54) is 22.5 Å². The molecule has 0 saturated heterocycles. The van der Waals surface area contributed by atoms with Gasteiger partial charge in [0.2, 0.25) is 0 Å². The van der Waals surface area contributed by atoms with Crippen molar-refractivity contribution in [2.45, 2.75) is 0 Å². The summed E-state index contributed by atoms with van der Waals surface area (Å²) in [6.45, 7) is 2.08. The molecule has 2 heteroatoms. The summed E-state index contributed by atoms with van der Waals surface area (Å²) in [4.78, 5) is 2.30. The molecule has 86 valence electrons. The predicted molar refractivity (Wildman–Crippen MR) is 73.6 cm³/mol. The van der Waals surface area contributed by atoms with Crippen LogP contribution < -0.4 is 10.2 Å². The minimum Gasteiger partial charge on any atom is -0.382 e. The van der Waals surface area contributed by atoms with E-state index in [1.54, 1.807) is 0 Å². The molecule has 0 aromatic heterocycles. The Balaban J connectivity index is 2.06. The molecular formula is C15H16N2. The van der Waals surface area contributed by atoms with Crippen LogP contribution in [0, 0.1) is 0 Å². The molecule has 0 aliphatic carbocycles. The van der Waals surface area contributed by atoms with Crippen LogP contribution in [0.5, 0.6) is 0 Å². The van der Waals surface area contributed by atoms with Gasteiger partial charge in [0.25, 0.3) is 0 Å². The van der Waals surface area contributed by atoms with E-state index in [4.69, 9.17) is 0 Å². The van der Waals surface area contributed by atoms with Gasteiger partial charge in [-0.2, -0.15) is 0 Å². The highest BCUT2D eigenvalue weighted by Gasteiger charge is 2.13. The van der Waals surface area contributed by atoms with Crippen LogP contribution in [0.2, 0.25) is 0 Å². The standard InChI is InChI=1S/C15H16N2/c1-17-10-9-16-14-8-7-13(11-15(14)17)12-5-3-2-4-6-12/h2-8,11,16H,9-10H2,1H3. The Morgan fingerprint density at radius 3 is 2.65 bits per heavy atom. The molecule has 0 fully saturated rings. The highest BCUT2D eigenvalue weighted by atomic mass is 15.2. The SMILES string of the molecule is CN1CCNc2ccc(-c3ccccc3)cc21. The van der Waals surface area contributed by atoms with Crippen molar-refractivity contribution in [1.29, 1.82) is 0 Å². The van der Waals surface area contributed by atoms with Gasteiger partial charge in [0.05, 0.1) is 11.4 Å². The second-order valence-corrected chi connectivity index (χ2v) is 4.45. The van der Waals surface area contributed by atoms with E-state index in [-0.39, 0.29) is 0 Å². The number of nitrogens with one attached hydrogen (secondary N) is 1. The molecular weight excluding hydrogens is 208 g/mol. The quantitative estimate of drug-likeness (QED) is 0.800. The third kappa shape index (κ3) is 1.86. The van der Waals surface area contributed by atoms with Crippen LogP contribution in [0.1, 0.15) is 0 Å². The first-order chi connectivity index (χ1) is 8.34. The molecule has 0 unspecified atom stereocenters. The van der Waals surface area contributed by atoms with Crippen molar-refractivity contribution < 1.29 is 0 Å². The lowest BCUT2D eigenvalue weighted by Gasteiger charge is -2.29. The Hall–Kier alpha value is -1.96. The van der Waals surface area contributed by atoms with Crippen LogP contribution in [-0.4, -0.2) is 20.1 Å². The Bertz CT molecular complexity index is 520. The Morgan fingerprint density at radius 1 is 1.00 bits per heavy atom. The van der Waals surface area contributed by atoms with Crippen molar-refractivity contribution in [2.75, 3.05) is 30.4 Å². The topological polar surface area (TPSA) is 15.3 Å². The first-order valence-corrected chi connectivity index (χ1v) is 5.99. The van der Waals surface area contributed by atoms with Gasteiger partial charge in [0.1, 0.15) is 0 Å². The number of hydrogen-bond donors (Lipinski definition) is 1. The third-order valence-corrected chi connectivity index (χ3v) is 3.28. The van der Waals surface area contributed by atoms with E-state index in [9.17, 15) is 0 Å². The second-order valence-electron chi connectivity index (χ2n) is 4.45. The summed E-state index contributed by atoms with van der Waals surface area (Å²) in [5.74, 6) is 0. The van der Waals surface area contributed by atoms with E-state index in [2.05, 4.69) is 65.8 Å². The van der Waals surface area contributed by atoms with E-state index in [0.29, 0.717) is 0 Å².